The van der Waals surface area contributed by atoms with Crippen LogP contribution < -0.4 is 0 Å². The molecule has 0 aromatic heterocycles. The molecule has 31 heavy (non-hydrogen) atoms. The number of carbonyl (C=O) groups is 1. The Morgan fingerprint density at radius 1 is 0.968 bits per heavy atom. The van der Waals surface area contributed by atoms with Crippen LogP contribution in [-0.4, -0.2) is 17.0 Å². The lowest BCUT2D eigenvalue weighted by Crippen LogP contribution is -2.29. The van der Waals surface area contributed by atoms with Crippen LogP contribution in [0.25, 0.3) is 0 Å². The maximum atomic E-state index is 12.7. The second kappa shape index (κ2) is 12.8. The predicted molar refractivity (Wildman–Crippen MR) is 133 cm³/mol. The Hall–Kier alpha value is -0.370. The molecule has 0 spiro atoms. The summed E-state index contributed by atoms with van der Waals surface area (Å²) in [5.41, 5.74) is 0.437. The number of Topliss-reactive ketones (excluding diaryl/α,β-unsaturated/α-hetero) is 1. The van der Waals surface area contributed by atoms with Crippen molar-refractivity contribution in [2.24, 2.45) is 40.9 Å². The smallest absolute Gasteiger partial charge is 0.132 e. The minimum atomic E-state index is -0.167. The molecule has 0 bridgehead atoms. The summed E-state index contributed by atoms with van der Waals surface area (Å²) in [6, 6.07) is 0. The van der Waals surface area contributed by atoms with Crippen molar-refractivity contribution in [1.82, 2.24) is 0 Å². The van der Waals surface area contributed by atoms with E-state index >= 15 is 0 Å². The van der Waals surface area contributed by atoms with Crippen molar-refractivity contribution >= 4 is 5.78 Å². The lowest BCUT2D eigenvalue weighted by molar-refractivity contribution is -0.119. The third-order valence-electron chi connectivity index (χ3n) is 9.29. The number of hydrogen-bond acceptors (Lipinski definition) is 2. The molecular weight excluding hydrogens is 380 g/mol. The molecule has 2 rings (SSSR count). The molecule has 2 aliphatic carbocycles. The second-order valence-corrected chi connectivity index (χ2v) is 12.7. The summed E-state index contributed by atoms with van der Waals surface area (Å²) in [6.45, 7) is 14.0. The highest BCUT2D eigenvalue weighted by Crippen LogP contribution is 2.41. The van der Waals surface area contributed by atoms with Crippen molar-refractivity contribution in [3.05, 3.63) is 0 Å². The van der Waals surface area contributed by atoms with Gasteiger partial charge in [-0.2, -0.15) is 0 Å². The topological polar surface area (TPSA) is 37.3 Å². The molecule has 3 atom stereocenters. The molecule has 0 radical (unpaired) electrons. The molecule has 0 amide bonds. The fraction of sp³-hybridized carbons (Fsp3) is 0.966. The van der Waals surface area contributed by atoms with Gasteiger partial charge in [-0.1, -0.05) is 73.6 Å². The van der Waals surface area contributed by atoms with Crippen LogP contribution in [0.4, 0.5) is 0 Å². The molecule has 0 aliphatic heterocycles. The third kappa shape index (κ3) is 9.18. The maximum absolute atomic E-state index is 12.7. The van der Waals surface area contributed by atoms with Crippen LogP contribution in [0.15, 0.2) is 0 Å². The lowest BCUT2D eigenvalue weighted by atomic mass is 9.69. The molecule has 0 saturated heterocycles. The number of aliphatic hydroxyl groups excluding tert-OH is 1. The van der Waals surface area contributed by atoms with Crippen LogP contribution in [-0.2, 0) is 4.79 Å². The zero-order chi connectivity index (χ0) is 23.0. The van der Waals surface area contributed by atoms with Gasteiger partial charge in [0.1, 0.15) is 5.78 Å². The highest BCUT2D eigenvalue weighted by Gasteiger charge is 2.30. The van der Waals surface area contributed by atoms with Crippen molar-refractivity contribution < 1.29 is 9.90 Å². The number of ketones is 1. The molecule has 2 saturated carbocycles. The van der Waals surface area contributed by atoms with Crippen molar-refractivity contribution in [3.8, 4) is 0 Å². The minimum absolute atomic E-state index is 0.167. The number of hydrogen-bond donors (Lipinski definition) is 1. The summed E-state index contributed by atoms with van der Waals surface area (Å²) in [7, 11) is 0. The Bertz CT molecular complexity index is 503. The fourth-order valence-electron chi connectivity index (χ4n) is 6.29. The first-order valence-electron chi connectivity index (χ1n) is 13.8. The van der Waals surface area contributed by atoms with E-state index in [1.807, 2.05) is 0 Å². The van der Waals surface area contributed by atoms with Gasteiger partial charge in [-0.05, 0) is 85.9 Å². The van der Waals surface area contributed by atoms with E-state index in [2.05, 4.69) is 41.5 Å². The van der Waals surface area contributed by atoms with Gasteiger partial charge in [0, 0.05) is 12.8 Å². The largest absolute Gasteiger partial charge is 0.393 e. The molecule has 0 heterocycles. The average Bonchev–Trinajstić information content (AvgIpc) is 2.74. The van der Waals surface area contributed by atoms with E-state index in [-0.39, 0.29) is 6.10 Å². The SMILES string of the molecule is CCC(C)C(CCC(=O)CCC1CCC(C(C)(C)C)CC1)C[C@H](O)[C@H]1CC[C@@H](C)CC1. The van der Waals surface area contributed by atoms with E-state index in [0.29, 0.717) is 29.0 Å². The molecule has 0 aromatic carbocycles. The number of rotatable bonds is 11. The van der Waals surface area contributed by atoms with Crippen molar-refractivity contribution in [1.29, 1.82) is 0 Å². The van der Waals surface area contributed by atoms with E-state index in [9.17, 15) is 9.90 Å². The van der Waals surface area contributed by atoms with E-state index in [1.54, 1.807) is 0 Å². The molecule has 2 unspecified atom stereocenters. The fourth-order valence-corrected chi connectivity index (χ4v) is 6.29. The zero-order valence-corrected chi connectivity index (χ0v) is 21.8. The van der Waals surface area contributed by atoms with Gasteiger partial charge in [-0.3, -0.25) is 4.79 Å². The molecule has 2 nitrogen and oxygen atoms in total. The zero-order valence-electron chi connectivity index (χ0n) is 21.8. The molecule has 182 valence electrons. The lowest BCUT2D eigenvalue weighted by Gasteiger charge is -2.37. The first-order chi connectivity index (χ1) is 14.6. The quantitative estimate of drug-likeness (QED) is 0.356. The van der Waals surface area contributed by atoms with Crippen molar-refractivity contribution in [2.75, 3.05) is 0 Å². The Kier molecular flexibility index (Phi) is 11.1. The summed E-state index contributed by atoms with van der Waals surface area (Å²) in [5, 5.41) is 10.9. The van der Waals surface area contributed by atoms with Gasteiger partial charge in [0.2, 0.25) is 0 Å². The highest BCUT2D eigenvalue weighted by molar-refractivity contribution is 5.78. The summed E-state index contributed by atoms with van der Waals surface area (Å²) >= 11 is 0. The Labute approximate surface area is 194 Å². The molecule has 2 heteroatoms. The molecule has 0 aromatic rings. The average molecular weight is 435 g/mol. The van der Waals surface area contributed by atoms with E-state index < -0.39 is 0 Å². The first-order valence-corrected chi connectivity index (χ1v) is 13.8. The Morgan fingerprint density at radius 3 is 2.13 bits per heavy atom. The monoisotopic (exact) mass is 434 g/mol. The van der Waals surface area contributed by atoms with E-state index in [1.165, 1.54) is 51.4 Å². The van der Waals surface area contributed by atoms with Gasteiger partial charge in [-0.15, -0.1) is 0 Å². The van der Waals surface area contributed by atoms with Crippen LogP contribution in [0.3, 0.4) is 0 Å². The Balaban J connectivity index is 1.71. The summed E-state index contributed by atoms with van der Waals surface area (Å²) in [6.07, 6.45) is 15.7. The minimum Gasteiger partial charge on any atom is -0.393 e. The van der Waals surface area contributed by atoms with E-state index in [4.69, 9.17) is 0 Å². The van der Waals surface area contributed by atoms with E-state index in [0.717, 1.165) is 56.3 Å². The predicted octanol–water partition coefficient (Wildman–Crippen LogP) is 8.21. The number of carbonyl (C=O) groups excluding carboxylic acids is 1. The molecule has 2 fully saturated rings. The van der Waals surface area contributed by atoms with Crippen LogP contribution in [0.5, 0.6) is 0 Å². The van der Waals surface area contributed by atoms with Crippen LogP contribution in [0.2, 0.25) is 0 Å². The summed E-state index contributed by atoms with van der Waals surface area (Å²) in [5.74, 6) is 4.49. The molecular formula is C29H54O2. The summed E-state index contributed by atoms with van der Waals surface area (Å²) < 4.78 is 0. The molecule has 2 aliphatic rings. The number of aliphatic hydroxyl groups is 1. The summed E-state index contributed by atoms with van der Waals surface area (Å²) in [4.78, 5) is 12.7. The first kappa shape index (κ1) is 26.9. The van der Waals surface area contributed by atoms with Gasteiger partial charge in [0.05, 0.1) is 6.10 Å². The van der Waals surface area contributed by atoms with Gasteiger partial charge >= 0.3 is 0 Å². The van der Waals surface area contributed by atoms with Crippen LogP contribution >= 0.6 is 0 Å². The molecule has 1 N–H and O–H groups in total. The third-order valence-corrected chi connectivity index (χ3v) is 9.29. The second-order valence-electron chi connectivity index (χ2n) is 12.7. The van der Waals surface area contributed by atoms with Gasteiger partial charge in [0.25, 0.3) is 0 Å². The Morgan fingerprint density at radius 2 is 1.58 bits per heavy atom. The van der Waals surface area contributed by atoms with Crippen molar-refractivity contribution in [3.63, 3.8) is 0 Å². The van der Waals surface area contributed by atoms with Crippen LogP contribution in [0, 0.1) is 40.9 Å². The van der Waals surface area contributed by atoms with Gasteiger partial charge in [0.15, 0.2) is 0 Å². The van der Waals surface area contributed by atoms with Crippen LogP contribution in [0.1, 0.15) is 131 Å². The standard InChI is InChI=1S/C29H54O2/c1-7-22(3)25(20-28(31)24-13-8-21(2)9-14-24)15-19-27(30)18-12-23-10-16-26(17-11-23)29(4,5)6/h21-26,28,31H,7-20H2,1-6H3/t21-,22?,23?,24+,25?,26?,28-/m0/s1. The maximum Gasteiger partial charge on any atom is 0.132 e. The van der Waals surface area contributed by atoms with Gasteiger partial charge < -0.3 is 5.11 Å². The van der Waals surface area contributed by atoms with Gasteiger partial charge in [-0.25, -0.2) is 0 Å². The van der Waals surface area contributed by atoms with Crippen molar-refractivity contribution in [2.45, 2.75) is 138 Å². The normalized spacial score (nSPS) is 30.5. The highest BCUT2D eigenvalue weighted by atomic mass is 16.3.